The van der Waals surface area contributed by atoms with E-state index in [4.69, 9.17) is 9.47 Å². The molecule has 0 unspecified atom stereocenters. The van der Waals surface area contributed by atoms with Gasteiger partial charge in [-0.15, -0.1) is 11.3 Å². The molecule has 1 aliphatic heterocycles. The average molecular weight is 530 g/mol. The van der Waals surface area contributed by atoms with Crippen molar-refractivity contribution in [3.8, 4) is 11.8 Å². The van der Waals surface area contributed by atoms with Crippen LogP contribution in [0.5, 0.6) is 0 Å². The van der Waals surface area contributed by atoms with Crippen LogP contribution in [0.2, 0.25) is 0 Å². The summed E-state index contributed by atoms with van der Waals surface area (Å²) in [5.41, 5.74) is 0.346. The molecule has 1 N–H and O–H groups in total. The fraction of sp³-hybridized carbons (Fsp3) is 0.733. The Morgan fingerprint density at radius 1 is 1.00 bits per heavy atom. The molecule has 2 saturated carbocycles. The summed E-state index contributed by atoms with van der Waals surface area (Å²) in [6.07, 6.45) is 9.61. The van der Waals surface area contributed by atoms with Gasteiger partial charge in [-0.2, -0.15) is 0 Å². The summed E-state index contributed by atoms with van der Waals surface area (Å²) >= 11 is 1.19. The van der Waals surface area contributed by atoms with Crippen molar-refractivity contribution in [1.82, 2.24) is 0 Å². The van der Waals surface area contributed by atoms with Crippen LogP contribution in [0.15, 0.2) is 6.07 Å². The molecule has 0 radical (unpaired) electrons. The maximum atomic E-state index is 14.1. The van der Waals surface area contributed by atoms with E-state index in [0.29, 0.717) is 16.5 Å². The van der Waals surface area contributed by atoms with Crippen molar-refractivity contribution in [2.24, 2.45) is 17.3 Å². The molecule has 0 aromatic carbocycles. The molecule has 2 aliphatic carbocycles. The number of anilines is 1. The van der Waals surface area contributed by atoms with E-state index in [-0.39, 0.29) is 40.4 Å². The molecule has 0 atom stereocenters. The van der Waals surface area contributed by atoms with Crippen LogP contribution in [-0.2, 0) is 14.3 Å². The number of carbonyl (C=O) groups excluding carboxylic acids is 1. The quantitative estimate of drug-likeness (QED) is 0.425. The Balaban J connectivity index is 1.58. The molecule has 6 nitrogen and oxygen atoms in total. The third-order valence-electron chi connectivity index (χ3n) is 7.89. The van der Waals surface area contributed by atoms with Crippen LogP contribution in [0, 0.1) is 29.1 Å². The molecule has 7 heteroatoms. The zero-order valence-electron chi connectivity index (χ0n) is 22.9. The van der Waals surface area contributed by atoms with Crippen molar-refractivity contribution in [2.45, 2.75) is 110 Å². The Morgan fingerprint density at radius 3 is 2.22 bits per heavy atom. The van der Waals surface area contributed by atoms with E-state index in [1.54, 1.807) is 0 Å². The van der Waals surface area contributed by atoms with Crippen molar-refractivity contribution in [3.05, 3.63) is 15.8 Å². The van der Waals surface area contributed by atoms with Gasteiger partial charge in [0.2, 0.25) is 5.91 Å². The lowest BCUT2D eigenvalue weighted by molar-refractivity contribution is -0.124. The maximum absolute atomic E-state index is 14.1. The van der Waals surface area contributed by atoms with Gasteiger partial charge < -0.3 is 19.5 Å². The van der Waals surface area contributed by atoms with Gasteiger partial charge in [-0.3, -0.25) is 4.79 Å². The van der Waals surface area contributed by atoms with Crippen LogP contribution < -0.4 is 4.90 Å². The number of aromatic carboxylic acids is 1. The third kappa shape index (κ3) is 7.59. The number of carbonyl (C=O) groups is 2. The average Bonchev–Trinajstić information content (AvgIpc) is 3.29. The Kier molecular flexibility index (Phi) is 9.37. The highest BCUT2D eigenvalue weighted by Gasteiger charge is 2.38. The van der Waals surface area contributed by atoms with Crippen molar-refractivity contribution in [3.63, 3.8) is 0 Å². The van der Waals surface area contributed by atoms with E-state index >= 15 is 0 Å². The largest absolute Gasteiger partial charge is 0.477 e. The Hall–Kier alpha value is -1.88. The van der Waals surface area contributed by atoms with Crippen LogP contribution >= 0.6 is 11.3 Å². The predicted molar refractivity (Wildman–Crippen MR) is 147 cm³/mol. The number of carboxylic acid groups (broad SMARTS) is 1. The second-order valence-electron chi connectivity index (χ2n) is 12.2. The normalized spacial score (nSPS) is 27.2. The van der Waals surface area contributed by atoms with E-state index in [2.05, 4.69) is 18.8 Å². The van der Waals surface area contributed by atoms with Crippen LogP contribution in [0.1, 0.15) is 106 Å². The summed E-state index contributed by atoms with van der Waals surface area (Å²) < 4.78 is 11.9. The smallest absolute Gasteiger partial charge is 0.348 e. The lowest BCUT2D eigenvalue weighted by Crippen LogP contribution is -2.47. The van der Waals surface area contributed by atoms with Gasteiger partial charge in [-0.05, 0) is 97.0 Å². The molecule has 0 bridgehead atoms. The summed E-state index contributed by atoms with van der Waals surface area (Å²) in [5, 5.41) is 10.1. The highest BCUT2D eigenvalue weighted by atomic mass is 32.1. The first-order chi connectivity index (χ1) is 17.6. The molecule has 3 aliphatic rings. The molecule has 1 amide bonds. The van der Waals surface area contributed by atoms with E-state index in [1.807, 2.05) is 31.7 Å². The van der Waals surface area contributed by atoms with Gasteiger partial charge in [0, 0.05) is 30.6 Å². The molecule has 4 rings (SSSR count). The van der Waals surface area contributed by atoms with Crippen LogP contribution in [0.25, 0.3) is 0 Å². The van der Waals surface area contributed by atoms with Gasteiger partial charge in [0.15, 0.2) is 0 Å². The number of hydrogen-bond donors (Lipinski definition) is 1. The second-order valence-corrected chi connectivity index (χ2v) is 13.2. The highest BCUT2D eigenvalue weighted by Crippen LogP contribution is 2.39. The standard InChI is InChI=1S/C30H43NO5S/c1-20-5-7-21(8-6-20)28(32)31(22-9-11-23(12-10-22)36-24-14-17-35-18-15-24)26-19-25(13-16-30(2,3)4)37-27(26)29(33)34/h19-24H,5-12,14-15,17-18H2,1-4H3,(H,33,34)/t20-,21-,22-,23+. The first kappa shape index (κ1) is 28.1. The summed E-state index contributed by atoms with van der Waals surface area (Å²) in [6, 6.07) is 1.83. The van der Waals surface area contributed by atoms with Gasteiger partial charge in [0.25, 0.3) is 0 Å². The second kappa shape index (κ2) is 12.3. The fourth-order valence-electron chi connectivity index (χ4n) is 5.75. The van der Waals surface area contributed by atoms with Gasteiger partial charge in [-0.1, -0.05) is 18.8 Å². The van der Waals surface area contributed by atoms with Gasteiger partial charge in [0.05, 0.1) is 22.8 Å². The molecular weight excluding hydrogens is 486 g/mol. The van der Waals surface area contributed by atoms with E-state index < -0.39 is 5.97 Å². The van der Waals surface area contributed by atoms with Crippen molar-refractivity contribution < 1.29 is 24.2 Å². The lowest BCUT2D eigenvalue weighted by atomic mass is 9.81. The van der Waals surface area contributed by atoms with Crippen LogP contribution in [0.4, 0.5) is 5.69 Å². The first-order valence-corrected chi connectivity index (χ1v) is 14.9. The molecule has 204 valence electrons. The number of amides is 1. The maximum Gasteiger partial charge on any atom is 0.348 e. The monoisotopic (exact) mass is 529 g/mol. The minimum atomic E-state index is -0.990. The molecule has 1 aromatic rings. The van der Waals surface area contributed by atoms with Gasteiger partial charge in [-0.25, -0.2) is 4.79 Å². The van der Waals surface area contributed by atoms with Crippen molar-refractivity contribution >= 4 is 28.9 Å². The SMILES string of the molecule is CC(C)(C)C#Cc1cc(N(C(=O)[C@H]2CC[C@H](C)CC2)[C@H]2CC[C@@H](OC3CCOCC3)CC2)c(C(=O)O)s1. The summed E-state index contributed by atoms with van der Waals surface area (Å²) in [6.45, 7) is 9.88. The number of hydrogen-bond acceptors (Lipinski definition) is 5. The number of ether oxygens (including phenoxy) is 2. The molecule has 1 saturated heterocycles. The van der Waals surface area contributed by atoms with Crippen LogP contribution in [-0.4, -0.2) is 48.4 Å². The zero-order chi connectivity index (χ0) is 26.6. The zero-order valence-corrected chi connectivity index (χ0v) is 23.7. The Morgan fingerprint density at radius 2 is 1.62 bits per heavy atom. The van der Waals surface area contributed by atoms with Gasteiger partial charge >= 0.3 is 5.97 Å². The molecular formula is C30H43NO5S. The Bertz CT molecular complexity index is 993. The number of carboxylic acids is 1. The van der Waals surface area contributed by atoms with E-state index in [1.165, 1.54) is 11.3 Å². The summed E-state index contributed by atoms with van der Waals surface area (Å²) in [4.78, 5) is 29.2. The Labute approximate surface area is 226 Å². The van der Waals surface area contributed by atoms with Crippen molar-refractivity contribution in [2.75, 3.05) is 18.1 Å². The summed E-state index contributed by atoms with van der Waals surface area (Å²) in [5.74, 6) is 6.09. The molecule has 1 aromatic heterocycles. The number of rotatable bonds is 6. The number of nitrogens with zero attached hydrogens (tertiary/aromatic N) is 1. The minimum Gasteiger partial charge on any atom is -0.477 e. The minimum absolute atomic E-state index is 0.0162. The predicted octanol–water partition coefficient (Wildman–Crippen LogP) is 6.51. The van der Waals surface area contributed by atoms with Crippen molar-refractivity contribution in [1.29, 1.82) is 0 Å². The molecule has 0 spiro atoms. The lowest BCUT2D eigenvalue weighted by Gasteiger charge is -2.40. The van der Waals surface area contributed by atoms with Crippen LogP contribution in [0.3, 0.4) is 0 Å². The first-order valence-electron chi connectivity index (χ1n) is 14.1. The highest BCUT2D eigenvalue weighted by molar-refractivity contribution is 7.15. The topological polar surface area (TPSA) is 76.1 Å². The van der Waals surface area contributed by atoms with E-state index in [0.717, 1.165) is 77.4 Å². The molecule has 2 heterocycles. The molecule has 3 fully saturated rings. The molecule has 37 heavy (non-hydrogen) atoms. The van der Waals surface area contributed by atoms with E-state index in [9.17, 15) is 14.7 Å². The fourth-order valence-corrected chi connectivity index (χ4v) is 6.59. The number of thiophene rings is 1. The third-order valence-corrected chi connectivity index (χ3v) is 8.92. The van der Waals surface area contributed by atoms with Gasteiger partial charge in [0.1, 0.15) is 4.88 Å². The summed E-state index contributed by atoms with van der Waals surface area (Å²) in [7, 11) is 0.